The second kappa shape index (κ2) is 7.15. The molecule has 0 N–H and O–H groups in total. The molecule has 1 aliphatic heterocycles. The van der Waals surface area contributed by atoms with Gasteiger partial charge in [-0.2, -0.15) is 9.19 Å². The largest absolute Gasteiger partial charge is 0.383 e. The summed E-state index contributed by atoms with van der Waals surface area (Å²) in [6.45, 7) is 4.63. The fraction of sp³-hybridized carbons (Fsp3) is 0.562. The third-order valence-corrected chi connectivity index (χ3v) is 5.05. The Balaban J connectivity index is 1.84. The first-order valence-electron chi connectivity index (χ1n) is 7.76. The van der Waals surface area contributed by atoms with E-state index in [9.17, 15) is 8.28 Å². The number of nitrogens with zero attached hydrogens (tertiary/aromatic N) is 3. The number of likely N-dealkylation sites (tertiary alicyclic amines) is 1. The van der Waals surface area contributed by atoms with E-state index >= 15 is 0 Å². The smallest absolute Gasteiger partial charge is 0.188 e. The minimum absolute atomic E-state index is 0.0661. The molecule has 1 aliphatic rings. The number of hydrogen-bond donors (Lipinski definition) is 0. The Morgan fingerprint density at radius 3 is 2.96 bits per heavy atom. The molecule has 0 aliphatic carbocycles. The van der Waals surface area contributed by atoms with Gasteiger partial charge in [-0.3, -0.25) is 4.90 Å². The summed E-state index contributed by atoms with van der Waals surface area (Å²) >= 11 is 0.0661. The highest BCUT2D eigenvalue weighted by Crippen LogP contribution is 2.35. The SMILES string of the molecule is COCCN1CCC(c2cc3c(cnn3SF)cc2C)C(F)C1. The summed E-state index contributed by atoms with van der Waals surface area (Å²) in [5, 5.41) is 4.87. The average molecular weight is 341 g/mol. The molecule has 126 valence electrons. The molecule has 0 saturated carbocycles. The summed E-state index contributed by atoms with van der Waals surface area (Å²) in [6, 6.07) is 3.86. The number of ether oxygens (including phenoxy) is 1. The second-order valence-corrected chi connectivity index (χ2v) is 6.54. The highest BCUT2D eigenvalue weighted by Gasteiger charge is 2.31. The zero-order chi connectivity index (χ0) is 16.4. The van der Waals surface area contributed by atoms with Gasteiger partial charge in [0.1, 0.15) is 6.17 Å². The van der Waals surface area contributed by atoms with Crippen molar-refractivity contribution in [2.24, 2.45) is 0 Å². The minimum Gasteiger partial charge on any atom is -0.383 e. The van der Waals surface area contributed by atoms with E-state index in [4.69, 9.17) is 4.74 Å². The van der Waals surface area contributed by atoms with Crippen LogP contribution in [-0.4, -0.2) is 53.6 Å². The molecule has 0 bridgehead atoms. The van der Waals surface area contributed by atoms with E-state index in [1.165, 1.54) is 4.09 Å². The number of aryl methyl sites for hydroxylation is 1. The lowest BCUT2D eigenvalue weighted by Crippen LogP contribution is -2.42. The van der Waals surface area contributed by atoms with Crippen LogP contribution < -0.4 is 0 Å². The number of benzene rings is 1. The van der Waals surface area contributed by atoms with E-state index in [0.717, 1.165) is 36.0 Å². The number of alkyl halides is 1. The fourth-order valence-electron chi connectivity index (χ4n) is 3.38. The molecule has 1 aromatic carbocycles. The van der Waals surface area contributed by atoms with Crippen molar-refractivity contribution in [3.05, 3.63) is 29.5 Å². The minimum atomic E-state index is -0.925. The van der Waals surface area contributed by atoms with Gasteiger partial charge in [0, 0.05) is 31.5 Å². The molecule has 3 rings (SSSR count). The van der Waals surface area contributed by atoms with Crippen molar-refractivity contribution in [3.63, 3.8) is 0 Å². The molecule has 23 heavy (non-hydrogen) atoms. The van der Waals surface area contributed by atoms with Crippen molar-refractivity contribution in [1.82, 2.24) is 14.1 Å². The van der Waals surface area contributed by atoms with Crippen molar-refractivity contribution in [3.8, 4) is 0 Å². The lowest BCUT2D eigenvalue weighted by Gasteiger charge is -2.35. The third kappa shape index (κ3) is 3.36. The molecule has 4 nitrogen and oxygen atoms in total. The quantitative estimate of drug-likeness (QED) is 0.833. The van der Waals surface area contributed by atoms with Gasteiger partial charge in [0.05, 0.1) is 18.3 Å². The molecule has 1 saturated heterocycles. The number of rotatable bonds is 5. The standard InChI is InChI=1S/C16H21F2N3OS/c1-11-7-12-9-19-21(23-18)16(12)8-14(11)13-3-4-20(5-6-22-2)10-15(13)17/h7-9,13,15H,3-6,10H2,1-2H3. The number of halogens is 2. The second-order valence-electron chi connectivity index (χ2n) is 6.06. The Kier molecular flexibility index (Phi) is 5.18. The monoisotopic (exact) mass is 341 g/mol. The van der Waals surface area contributed by atoms with Gasteiger partial charge in [-0.05, 0) is 43.1 Å². The van der Waals surface area contributed by atoms with Gasteiger partial charge in [-0.25, -0.2) is 4.39 Å². The van der Waals surface area contributed by atoms with Crippen molar-refractivity contribution in [2.75, 3.05) is 33.4 Å². The predicted octanol–water partition coefficient (Wildman–Crippen LogP) is 3.50. The maximum Gasteiger partial charge on any atom is 0.188 e. The number of piperidine rings is 1. The summed E-state index contributed by atoms with van der Waals surface area (Å²) in [4.78, 5) is 2.10. The Labute approximate surface area is 139 Å². The molecule has 0 amide bonds. The van der Waals surface area contributed by atoms with E-state index in [1.54, 1.807) is 13.3 Å². The van der Waals surface area contributed by atoms with Crippen LogP contribution >= 0.6 is 12.3 Å². The lowest BCUT2D eigenvalue weighted by molar-refractivity contribution is 0.0862. The maximum atomic E-state index is 14.7. The summed E-state index contributed by atoms with van der Waals surface area (Å²) in [5.41, 5.74) is 2.71. The fourth-order valence-corrected chi connectivity index (χ4v) is 3.69. The van der Waals surface area contributed by atoms with E-state index in [1.807, 2.05) is 19.1 Å². The molecule has 0 radical (unpaired) electrons. The van der Waals surface area contributed by atoms with Crippen molar-refractivity contribution >= 4 is 23.2 Å². The number of fused-ring (bicyclic) bond motifs is 1. The first kappa shape index (κ1) is 16.7. The molecule has 2 heterocycles. The van der Waals surface area contributed by atoms with Crippen LogP contribution in [0, 0.1) is 6.92 Å². The third-order valence-electron chi connectivity index (χ3n) is 4.63. The molecule has 2 atom stereocenters. The highest BCUT2D eigenvalue weighted by atomic mass is 32.2. The summed E-state index contributed by atoms with van der Waals surface area (Å²) < 4.78 is 33.9. The highest BCUT2D eigenvalue weighted by molar-refractivity contribution is 7.92. The van der Waals surface area contributed by atoms with Crippen LogP contribution in [-0.2, 0) is 4.74 Å². The van der Waals surface area contributed by atoms with Crippen molar-refractivity contribution < 1.29 is 13.0 Å². The zero-order valence-corrected chi connectivity index (χ0v) is 14.2. The van der Waals surface area contributed by atoms with Gasteiger partial charge in [0.25, 0.3) is 0 Å². The van der Waals surface area contributed by atoms with Crippen LogP contribution in [0.25, 0.3) is 10.9 Å². The molecular weight excluding hydrogens is 320 g/mol. The van der Waals surface area contributed by atoms with E-state index < -0.39 is 6.17 Å². The van der Waals surface area contributed by atoms with Crippen LogP contribution in [0.4, 0.5) is 8.28 Å². The Morgan fingerprint density at radius 2 is 2.26 bits per heavy atom. The first-order chi connectivity index (χ1) is 11.1. The topological polar surface area (TPSA) is 30.3 Å². The zero-order valence-electron chi connectivity index (χ0n) is 13.3. The Hall–Kier alpha value is -1.18. The van der Waals surface area contributed by atoms with Gasteiger partial charge in [0.15, 0.2) is 12.3 Å². The van der Waals surface area contributed by atoms with E-state index in [2.05, 4.69) is 10.00 Å². The number of methoxy groups -OCH3 is 1. The van der Waals surface area contributed by atoms with E-state index in [-0.39, 0.29) is 18.3 Å². The molecule has 2 unspecified atom stereocenters. The predicted molar refractivity (Wildman–Crippen MR) is 89.1 cm³/mol. The molecule has 2 aromatic rings. The average Bonchev–Trinajstić information content (AvgIpc) is 2.94. The van der Waals surface area contributed by atoms with Crippen molar-refractivity contribution in [1.29, 1.82) is 0 Å². The van der Waals surface area contributed by atoms with Crippen LogP contribution in [0.2, 0.25) is 0 Å². The van der Waals surface area contributed by atoms with Gasteiger partial charge in [-0.15, -0.1) is 3.89 Å². The van der Waals surface area contributed by atoms with Crippen LogP contribution in [0.3, 0.4) is 0 Å². The molecule has 0 spiro atoms. The van der Waals surface area contributed by atoms with E-state index in [0.29, 0.717) is 18.7 Å². The molecular formula is C16H21F2N3OS. The van der Waals surface area contributed by atoms with Gasteiger partial charge >= 0.3 is 0 Å². The lowest BCUT2D eigenvalue weighted by atomic mass is 9.85. The first-order valence-corrected chi connectivity index (χ1v) is 8.44. The summed E-state index contributed by atoms with van der Waals surface area (Å²) in [5.74, 6) is -0.147. The van der Waals surface area contributed by atoms with Crippen LogP contribution in [0.15, 0.2) is 18.3 Å². The Bertz CT molecular complexity index is 679. The maximum absolute atomic E-state index is 14.7. The van der Waals surface area contributed by atoms with Gasteiger partial charge in [0.2, 0.25) is 0 Å². The number of aromatic nitrogens is 2. The molecule has 1 aromatic heterocycles. The summed E-state index contributed by atoms with van der Waals surface area (Å²) in [7, 11) is 1.66. The molecule has 7 heteroatoms. The summed E-state index contributed by atoms with van der Waals surface area (Å²) in [6.07, 6.45) is 1.47. The van der Waals surface area contributed by atoms with Gasteiger partial charge in [-0.1, -0.05) is 0 Å². The normalized spacial score (nSPS) is 22.8. The van der Waals surface area contributed by atoms with Crippen molar-refractivity contribution in [2.45, 2.75) is 25.4 Å². The Morgan fingerprint density at radius 1 is 1.43 bits per heavy atom. The number of hydrogen-bond acceptors (Lipinski definition) is 4. The van der Waals surface area contributed by atoms with Crippen LogP contribution in [0.5, 0.6) is 0 Å². The molecule has 1 fully saturated rings. The van der Waals surface area contributed by atoms with Crippen LogP contribution in [0.1, 0.15) is 23.5 Å². The van der Waals surface area contributed by atoms with Gasteiger partial charge < -0.3 is 4.74 Å².